The van der Waals surface area contributed by atoms with Gasteiger partial charge >= 0.3 is 0 Å². The Kier molecular flexibility index (Phi) is 4.97. The predicted octanol–water partition coefficient (Wildman–Crippen LogP) is 5.19. The standard InChI is InChI=1S/C18H20N4S2/c1-4-22(14-9-10-15-16(11-14)24-18(23)21-15)17(19-3)20-13-7-5-12(2)6-8-13/h5-11H,4H2,1-3H3,(H,19,20)(H,21,23). The zero-order valence-electron chi connectivity index (χ0n) is 14.0. The van der Waals surface area contributed by atoms with Crippen molar-refractivity contribution in [1.29, 1.82) is 0 Å². The van der Waals surface area contributed by atoms with Gasteiger partial charge in [0.1, 0.15) is 0 Å². The third kappa shape index (κ3) is 3.49. The molecule has 24 heavy (non-hydrogen) atoms. The van der Waals surface area contributed by atoms with Crippen molar-refractivity contribution in [1.82, 2.24) is 4.98 Å². The summed E-state index contributed by atoms with van der Waals surface area (Å²) >= 11 is 6.83. The summed E-state index contributed by atoms with van der Waals surface area (Å²) < 4.78 is 1.95. The van der Waals surface area contributed by atoms with Crippen molar-refractivity contribution >= 4 is 51.1 Å². The monoisotopic (exact) mass is 356 g/mol. The highest BCUT2D eigenvalue weighted by Gasteiger charge is 2.13. The minimum Gasteiger partial charge on any atom is -0.337 e. The Morgan fingerprint density at radius 1 is 1.25 bits per heavy atom. The molecule has 0 saturated carbocycles. The van der Waals surface area contributed by atoms with E-state index >= 15 is 0 Å². The maximum absolute atomic E-state index is 5.24. The quantitative estimate of drug-likeness (QED) is 0.385. The molecule has 4 nitrogen and oxygen atoms in total. The summed E-state index contributed by atoms with van der Waals surface area (Å²) in [5.74, 6) is 0.819. The number of hydrogen-bond donors (Lipinski definition) is 2. The summed E-state index contributed by atoms with van der Waals surface area (Å²) in [7, 11) is 1.80. The van der Waals surface area contributed by atoms with Crippen LogP contribution >= 0.6 is 23.6 Å². The summed E-state index contributed by atoms with van der Waals surface area (Å²) in [5.41, 5.74) is 4.43. The van der Waals surface area contributed by atoms with Gasteiger partial charge in [-0.3, -0.25) is 4.99 Å². The highest BCUT2D eigenvalue weighted by Crippen LogP contribution is 2.26. The summed E-state index contributed by atoms with van der Waals surface area (Å²) in [5, 5.41) is 3.41. The molecule has 3 aromatic rings. The molecule has 0 fully saturated rings. The van der Waals surface area contributed by atoms with Gasteiger partial charge < -0.3 is 15.2 Å². The molecular formula is C18H20N4S2. The van der Waals surface area contributed by atoms with Crippen LogP contribution in [0.2, 0.25) is 0 Å². The lowest BCUT2D eigenvalue weighted by Gasteiger charge is -2.25. The second-order valence-electron chi connectivity index (χ2n) is 5.48. The average molecular weight is 357 g/mol. The number of aryl methyl sites for hydroxylation is 1. The van der Waals surface area contributed by atoms with E-state index in [0.717, 1.165) is 38.0 Å². The number of thiazole rings is 1. The summed E-state index contributed by atoms with van der Waals surface area (Å²) in [4.78, 5) is 9.80. The van der Waals surface area contributed by atoms with Gasteiger partial charge in [0, 0.05) is 25.0 Å². The number of hydrogen-bond acceptors (Lipinski definition) is 3. The third-order valence-corrected chi connectivity index (χ3v) is 5.00. The van der Waals surface area contributed by atoms with Crippen molar-refractivity contribution < 1.29 is 0 Å². The number of benzene rings is 2. The van der Waals surface area contributed by atoms with Gasteiger partial charge in [0.2, 0.25) is 5.96 Å². The van der Waals surface area contributed by atoms with E-state index in [-0.39, 0.29) is 0 Å². The first-order valence-electron chi connectivity index (χ1n) is 7.81. The second kappa shape index (κ2) is 7.15. The molecule has 0 radical (unpaired) electrons. The van der Waals surface area contributed by atoms with Crippen LogP contribution in [0.15, 0.2) is 47.5 Å². The number of H-pyrrole nitrogens is 1. The largest absolute Gasteiger partial charge is 0.337 e. The van der Waals surface area contributed by atoms with E-state index in [0.29, 0.717) is 0 Å². The lowest BCUT2D eigenvalue weighted by Crippen LogP contribution is -2.36. The molecule has 0 bridgehead atoms. The van der Waals surface area contributed by atoms with Crippen LogP contribution in [0.25, 0.3) is 10.2 Å². The topological polar surface area (TPSA) is 43.4 Å². The van der Waals surface area contributed by atoms with Gasteiger partial charge in [0.05, 0.1) is 10.2 Å². The number of nitrogens with one attached hydrogen (secondary N) is 2. The molecule has 0 saturated heterocycles. The molecule has 0 aliphatic rings. The van der Waals surface area contributed by atoms with Crippen molar-refractivity contribution in [2.75, 3.05) is 23.8 Å². The number of nitrogens with zero attached hydrogens (tertiary/aromatic N) is 2. The molecule has 0 spiro atoms. The molecular weight excluding hydrogens is 336 g/mol. The van der Waals surface area contributed by atoms with Crippen LogP contribution in [0.4, 0.5) is 11.4 Å². The van der Waals surface area contributed by atoms with Crippen LogP contribution < -0.4 is 10.2 Å². The van der Waals surface area contributed by atoms with Gasteiger partial charge in [-0.2, -0.15) is 0 Å². The zero-order chi connectivity index (χ0) is 17.1. The van der Waals surface area contributed by atoms with Gasteiger partial charge in [-0.05, 0) is 56.4 Å². The maximum atomic E-state index is 5.24. The fourth-order valence-electron chi connectivity index (χ4n) is 2.57. The zero-order valence-corrected chi connectivity index (χ0v) is 15.6. The Labute approximate surface area is 150 Å². The third-order valence-electron chi connectivity index (χ3n) is 3.81. The molecule has 0 aliphatic heterocycles. The van der Waals surface area contributed by atoms with Crippen LogP contribution in [0.1, 0.15) is 12.5 Å². The minimum atomic E-state index is 0.798. The van der Waals surface area contributed by atoms with Crippen LogP contribution in [0, 0.1) is 10.9 Å². The first kappa shape index (κ1) is 16.7. The Hall–Kier alpha value is -2.18. The molecule has 0 atom stereocenters. The fourth-order valence-corrected chi connectivity index (χ4v) is 3.72. The van der Waals surface area contributed by atoms with Crippen molar-refractivity contribution in [2.45, 2.75) is 13.8 Å². The number of rotatable bonds is 3. The first-order chi connectivity index (χ1) is 11.6. The normalized spacial score (nSPS) is 11.7. The molecule has 0 aliphatic carbocycles. The maximum Gasteiger partial charge on any atom is 0.202 e. The van der Waals surface area contributed by atoms with Crippen molar-refractivity contribution in [3.05, 3.63) is 52.0 Å². The Bertz CT molecular complexity index is 922. The highest BCUT2D eigenvalue weighted by molar-refractivity contribution is 7.73. The number of aliphatic imine (C=N–C) groups is 1. The number of anilines is 2. The lowest BCUT2D eigenvalue weighted by molar-refractivity contribution is 1.05. The smallest absolute Gasteiger partial charge is 0.202 e. The molecule has 0 amide bonds. The van der Waals surface area contributed by atoms with E-state index in [1.54, 1.807) is 18.4 Å². The Balaban J connectivity index is 1.91. The molecule has 3 rings (SSSR count). The molecule has 2 N–H and O–H groups in total. The van der Waals surface area contributed by atoms with Gasteiger partial charge in [-0.1, -0.05) is 17.7 Å². The predicted molar refractivity (Wildman–Crippen MR) is 108 cm³/mol. The van der Waals surface area contributed by atoms with Gasteiger partial charge in [-0.15, -0.1) is 11.3 Å². The van der Waals surface area contributed by atoms with Crippen LogP contribution in [-0.2, 0) is 0 Å². The molecule has 1 heterocycles. The van der Waals surface area contributed by atoms with Gasteiger partial charge in [0.15, 0.2) is 3.95 Å². The molecule has 2 aromatic carbocycles. The van der Waals surface area contributed by atoms with Crippen molar-refractivity contribution in [3.8, 4) is 0 Å². The van der Waals surface area contributed by atoms with Crippen molar-refractivity contribution in [2.24, 2.45) is 4.99 Å². The minimum absolute atomic E-state index is 0.798. The molecule has 124 valence electrons. The molecule has 6 heteroatoms. The van der Waals surface area contributed by atoms with E-state index in [4.69, 9.17) is 12.2 Å². The lowest BCUT2D eigenvalue weighted by atomic mass is 10.2. The SMILES string of the molecule is CCN(C(=NC)Nc1ccc(C)cc1)c1ccc2[nH]c(=S)sc2c1. The number of fused-ring (bicyclic) bond motifs is 1. The number of aromatic nitrogens is 1. The van der Waals surface area contributed by atoms with E-state index in [1.807, 2.05) is 0 Å². The summed E-state index contributed by atoms with van der Waals surface area (Å²) in [6.07, 6.45) is 0. The van der Waals surface area contributed by atoms with Crippen LogP contribution in [0.5, 0.6) is 0 Å². The van der Waals surface area contributed by atoms with E-state index in [2.05, 4.69) is 76.5 Å². The summed E-state index contributed by atoms with van der Waals surface area (Å²) in [6.45, 7) is 5.01. The Morgan fingerprint density at radius 2 is 2.00 bits per heavy atom. The number of guanidine groups is 1. The average Bonchev–Trinajstić information content (AvgIpc) is 2.95. The number of aromatic amines is 1. The fraction of sp³-hybridized carbons (Fsp3) is 0.222. The van der Waals surface area contributed by atoms with Crippen molar-refractivity contribution in [3.63, 3.8) is 0 Å². The Morgan fingerprint density at radius 3 is 2.67 bits per heavy atom. The second-order valence-corrected chi connectivity index (χ2v) is 7.20. The highest BCUT2D eigenvalue weighted by atomic mass is 32.1. The van der Waals surface area contributed by atoms with E-state index in [1.165, 1.54) is 5.56 Å². The van der Waals surface area contributed by atoms with Crippen LogP contribution in [0.3, 0.4) is 0 Å². The van der Waals surface area contributed by atoms with E-state index in [9.17, 15) is 0 Å². The molecule has 0 unspecified atom stereocenters. The first-order valence-corrected chi connectivity index (χ1v) is 9.04. The van der Waals surface area contributed by atoms with Crippen LogP contribution in [-0.4, -0.2) is 24.5 Å². The van der Waals surface area contributed by atoms with Gasteiger partial charge in [0.25, 0.3) is 0 Å². The summed E-state index contributed by atoms with van der Waals surface area (Å²) in [6, 6.07) is 14.6. The molecule has 1 aromatic heterocycles. The van der Waals surface area contributed by atoms with E-state index < -0.39 is 0 Å². The van der Waals surface area contributed by atoms with Gasteiger partial charge in [-0.25, -0.2) is 0 Å².